The lowest BCUT2D eigenvalue weighted by Crippen LogP contribution is -2.45. The molecule has 1 N–H and O–H groups in total. The Morgan fingerprint density at radius 2 is 1.81 bits per heavy atom. The Balaban J connectivity index is 1.37. The lowest BCUT2D eigenvalue weighted by atomic mass is 10.0. The number of carbonyl (C=O) groups is 1. The van der Waals surface area contributed by atoms with Crippen LogP contribution in [0.15, 0.2) is 48.5 Å². The number of nitrogens with zero attached hydrogens (tertiary/aromatic N) is 5. The van der Waals surface area contributed by atoms with Crippen LogP contribution in [0, 0.1) is 6.92 Å². The fraction of sp³-hybridized carbons (Fsp3) is 0.391. The third-order valence-electron chi connectivity index (χ3n) is 5.71. The van der Waals surface area contributed by atoms with Crippen molar-refractivity contribution in [2.45, 2.75) is 45.2 Å². The number of aromatic nitrogens is 4. The van der Waals surface area contributed by atoms with E-state index in [2.05, 4.69) is 51.9 Å². The number of hydrogen-bond acceptors (Lipinski definition) is 5. The molecule has 3 aromatic rings. The van der Waals surface area contributed by atoms with Gasteiger partial charge < -0.3 is 10.2 Å². The van der Waals surface area contributed by atoms with E-state index in [1.165, 1.54) is 10.4 Å². The van der Waals surface area contributed by atoms with E-state index in [9.17, 15) is 4.79 Å². The molecule has 0 spiro atoms. The number of rotatable bonds is 6. The number of nitrogens with one attached hydrogen (secondary N) is 1. The molecule has 0 unspecified atom stereocenters. The zero-order valence-corrected chi connectivity index (χ0v) is 18.6. The first-order valence-corrected chi connectivity index (χ1v) is 11.1. The Morgan fingerprint density at radius 1 is 1.13 bits per heavy atom. The summed E-state index contributed by atoms with van der Waals surface area (Å²) in [4.78, 5) is 16.6. The molecular formula is C23H27ClN6O. The first-order chi connectivity index (χ1) is 15.0. The molecule has 0 radical (unpaired) electrons. The second kappa shape index (κ2) is 9.47. The second-order valence-electron chi connectivity index (χ2n) is 7.97. The molecule has 1 aromatic heterocycles. The van der Waals surface area contributed by atoms with E-state index in [0.29, 0.717) is 23.3 Å². The predicted octanol–water partition coefficient (Wildman–Crippen LogP) is 4.36. The summed E-state index contributed by atoms with van der Waals surface area (Å²) in [5, 5.41) is 17.0. The van der Waals surface area contributed by atoms with Crippen molar-refractivity contribution in [2.24, 2.45) is 0 Å². The van der Waals surface area contributed by atoms with Crippen LogP contribution < -0.4 is 5.32 Å². The fourth-order valence-electron chi connectivity index (χ4n) is 3.85. The molecule has 162 valence electrons. The third-order valence-corrected chi connectivity index (χ3v) is 5.96. The first-order valence-electron chi connectivity index (χ1n) is 10.7. The van der Waals surface area contributed by atoms with Gasteiger partial charge in [0.15, 0.2) is 6.04 Å². The summed E-state index contributed by atoms with van der Waals surface area (Å²) in [5.41, 5.74) is 3.20. The van der Waals surface area contributed by atoms with Crippen LogP contribution in [0.2, 0.25) is 5.02 Å². The van der Waals surface area contributed by atoms with E-state index in [4.69, 9.17) is 11.6 Å². The summed E-state index contributed by atoms with van der Waals surface area (Å²) >= 11 is 5.95. The maximum absolute atomic E-state index is 13.2. The molecule has 2 heterocycles. The predicted molar refractivity (Wildman–Crippen MR) is 122 cm³/mol. The molecule has 7 nitrogen and oxygen atoms in total. The number of hydrogen-bond donors (Lipinski definition) is 1. The Hall–Kier alpha value is -2.93. The van der Waals surface area contributed by atoms with Gasteiger partial charge in [0.1, 0.15) is 0 Å². The van der Waals surface area contributed by atoms with Gasteiger partial charge in [-0.3, -0.25) is 4.79 Å². The number of benzene rings is 2. The van der Waals surface area contributed by atoms with Crippen molar-refractivity contribution in [3.63, 3.8) is 0 Å². The maximum atomic E-state index is 13.2. The number of amides is 1. The van der Waals surface area contributed by atoms with Gasteiger partial charge in [-0.15, -0.1) is 10.2 Å². The summed E-state index contributed by atoms with van der Waals surface area (Å²) in [6.45, 7) is 5.50. The van der Waals surface area contributed by atoms with Gasteiger partial charge in [0.2, 0.25) is 11.7 Å². The van der Waals surface area contributed by atoms with Gasteiger partial charge in [0.25, 0.3) is 0 Å². The zero-order chi connectivity index (χ0) is 21.8. The van der Waals surface area contributed by atoms with E-state index < -0.39 is 6.04 Å². The van der Waals surface area contributed by atoms with E-state index in [0.717, 1.165) is 37.2 Å². The van der Waals surface area contributed by atoms with E-state index in [1.54, 1.807) is 12.1 Å². The summed E-state index contributed by atoms with van der Waals surface area (Å²) in [6.07, 6.45) is 2.44. The molecule has 1 atom stereocenters. The summed E-state index contributed by atoms with van der Waals surface area (Å²) < 4.78 is 0. The molecule has 1 amide bonds. The lowest BCUT2D eigenvalue weighted by Gasteiger charge is -2.34. The Kier molecular flexibility index (Phi) is 6.51. The number of aryl methyl sites for hydroxylation is 1. The number of carbonyl (C=O) groups excluding carboxylic acids is 1. The van der Waals surface area contributed by atoms with Crippen molar-refractivity contribution in [3.05, 3.63) is 59.1 Å². The lowest BCUT2D eigenvalue weighted by molar-refractivity contribution is -0.136. The van der Waals surface area contributed by atoms with Gasteiger partial charge in [0, 0.05) is 35.4 Å². The van der Waals surface area contributed by atoms with Crippen molar-refractivity contribution in [1.29, 1.82) is 0 Å². The van der Waals surface area contributed by atoms with Crippen molar-refractivity contribution < 1.29 is 4.79 Å². The SMILES string of the molecule is CC[C@@H](C(=O)N1CCC(Nc2ccc(C)cc2)CC1)n1nnc(-c2ccc(Cl)cc2)n1. The second-order valence-corrected chi connectivity index (χ2v) is 8.41. The highest BCUT2D eigenvalue weighted by Crippen LogP contribution is 2.22. The third kappa shape index (κ3) is 5.05. The number of halogens is 1. The molecule has 8 heteroatoms. The molecule has 2 aromatic carbocycles. The highest BCUT2D eigenvalue weighted by molar-refractivity contribution is 6.30. The largest absolute Gasteiger partial charge is 0.382 e. The Bertz CT molecular complexity index is 1010. The summed E-state index contributed by atoms with van der Waals surface area (Å²) in [6, 6.07) is 15.6. The molecular weight excluding hydrogens is 412 g/mol. The van der Waals surface area contributed by atoms with Gasteiger partial charge in [-0.25, -0.2) is 0 Å². The molecule has 4 rings (SSSR count). The number of tetrazole rings is 1. The van der Waals surface area contributed by atoms with Crippen molar-refractivity contribution in [3.8, 4) is 11.4 Å². The standard InChI is InChI=1S/C23H27ClN6O/c1-3-21(30-27-22(26-28-30)17-6-8-18(24)9-7-17)23(31)29-14-12-20(13-15-29)25-19-10-4-16(2)5-11-19/h4-11,20-21,25H,3,12-15H2,1-2H3/t21-/m0/s1. The Morgan fingerprint density at radius 3 is 2.45 bits per heavy atom. The smallest absolute Gasteiger partial charge is 0.249 e. The monoisotopic (exact) mass is 438 g/mol. The summed E-state index contributed by atoms with van der Waals surface area (Å²) in [5.74, 6) is 0.542. The summed E-state index contributed by atoms with van der Waals surface area (Å²) in [7, 11) is 0. The molecule has 0 bridgehead atoms. The average Bonchev–Trinajstić information content (AvgIpc) is 3.26. The van der Waals surface area contributed by atoms with Crippen molar-refractivity contribution in [1.82, 2.24) is 25.1 Å². The van der Waals surface area contributed by atoms with Gasteiger partial charge in [-0.1, -0.05) is 36.2 Å². The van der Waals surface area contributed by atoms with Crippen molar-refractivity contribution >= 4 is 23.2 Å². The van der Waals surface area contributed by atoms with E-state index >= 15 is 0 Å². The first kappa shape index (κ1) is 21.3. The molecule has 31 heavy (non-hydrogen) atoms. The van der Waals surface area contributed by atoms with Gasteiger partial charge in [0.05, 0.1) is 0 Å². The van der Waals surface area contributed by atoms with Crippen LogP contribution >= 0.6 is 11.6 Å². The van der Waals surface area contributed by atoms with Crippen LogP contribution in [0.4, 0.5) is 5.69 Å². The fourth-order valence-corrected chi connectivity index (χ4v) is 3.97. The minimum absolute atomic E-state index is 0.0522. The molecule has 1 aliphatic heterocycles. The van der Waals surface area contributed by atoms with Crippen LogP contribution in [-0.4, -0.2) is 50.1 Å². The highest BCUT2D eigenvalue weighted by atomic mass is 35.5. The molecule has 0 saturated carbocycles. The van der Waals surface area contributed by atoms with Crippen LogP contribution in [0.3, 0.4) is 0 Å². The number of piperidine rings is 1. The zero-order valence-electron chi connectivity index (χ0n) is 17.8. The molecule has 1 fully saturated rings. The average molecular weight is 439 g/mol. The quantitative estimate of drug-likeness (QED) is 0.619. The molecule has 0 aliphatic carbocycles. The van der Waals surface area contributed by atoms with Gasteiger partial charge >= 0.3 is 0 Å². The van der Waals surface area contributed by atoms with Crippen molar-refractivity contribution in [2.75, 3.05) is 18.4 Å². The molecule has 1 saturated heterocycles. The minimum atomic E-state index is -0.449. The van der Waals surface area contributed by atoms with Crippen LogP contribution in [0.5, 0.6) is 0 Å². The van der Waals surface area contributed by atoms with E-state index in [-0.39, 0.29) is 5.91 Å². The van der Waals surface area contributed by atoms with Crippen LogP contribution in [-0.2, 0) is 4.79 Å². The van der Waals surface area contributed by atoms with Gasteiger partial charge in [-0.2, -0.15) is 4.80 Å². The number of anilines is 1. The maximum Gasteiger partial charge on any atom is 0.249 e. The van der Waals surface area contributed by atoms with Gasteiger partial charge in [-0.05, 0) is 67.8 Å². The van der Waals surface area contributed by atoms with E-state index in [1.807, 2.05) is 24.0 Å². The topological polar surface area (TPSA) is 75.9 Å². The normalized spacial score (nSPS) is 15.6. The van der Waals surface area contributed by atoms with Crippen LogP contribution in [0.1, 0.15) is 37.8 Å². The van der Waals surface area contributed by atoms with Crippen LogP contribution in [0.25, 0.3) is 11.4 Å². The Labute approximate surface area is 187 Å². The molecule has 1 aliphatic rings. The minimum Gasteiger partial charge on any atom is -0.382 e. The highest BCUT2D eigenvalue weighted by Gasteiger charge is 2.30. The number of likely N-dealkylation sites (tertiary alicyclic amines) is 1.